The van der Waals surface area contributed by atoms with Crippen molar-refractivity contribution >= 4 is 23.7 Å². The van der Waals surface area contributed by atoms with Crippen molar-refractivity contribution in [3.8, 4) is 12.1 Å². The minimum Gasteiger partial charge on any atom is -0.473 e. The number of pyridine rings is 1. The zero-order valence-electron chi connectivity index (χ0n) is 18.3. The number of carbonyl (C=O) groups excluding carboxylic acids is 1. The Morgan fingerprint density at radius 1 is 1.06 bits per heavy atom. The number of carboxylic acids is 2. The molecule has 1 aliphatic heterocycles. The van der Waals surface area contributed by atoms with Crippen LogP contribution in [0.5, 0.6) is 0 Å². The molecule has 1 aromatic carbocycles. The molecule has 0 bridgehead atoms. The number of likely N-dealkylation sites (tertiary alicyclic amines) is 1. The van der Waals surface area contributed by atoms with Gasteiger partial charge in [0.2, 0.25) is 5.91 Å². The maximum absolute atomic E-state index is 12.2. The molecule has 1 aromatic heterocycles. The van der Waals surface area contributed by atoms with E-state index in [4.69, 9.17) is 30.3 Å². The van der Waals surface area contributed by atoms with Gasteiger partial charge in [0.25, 0.3) is 0 Å². The third-order valence-corrected chi connectivity index (χ3v) is 4.92. The molecular weight excluding hydrogens is 440 g/mol. The van der Waals surface area contributed by atoms with Gasteiger partial charge in [0.15, 0.2) is 0 Å². The number of aliphatic carboxylic acids is 2. The first-order valence-electron chi connectivity index (χ1n) is 10.4. The minimum absolute atomic E-state index is 0.0199. The van der Waals surface area contributed by atoms with Gasteiger partial charge in [0, 0.05) is 25.8 Å². The van der Waals surface area contributed by atoms with E-state index in [1.54, 1.807) is 23.2 Å². The number of anilines is 1. The molecule has 2 heterocycles. The lowest BCUT2D eigenvalue weighted by atomic mass is 10.1. The van der Waals surface area contributed by atoms with Gasteiger partial charge in [-0.05, 0) is 36.1 Å². The van der Waals surface area contributed by atoms with Gasteiger partial charge in [-0.15, -0.1) is 0 Å². The number of nitrogens with zero attached hydrogens (tertiary/aromatic N) is 4. The Hall–Kier alpha value is -4.48. The van der Waals surface area contributed by atoms with Gasteiger partial charge in [0.05, 0.1) is 18.2 Å². The highest BCUT2D eigenvalue weighted by molar-refractivity contribution is 6.27. The second kappa shape index (κ2) is 13.2. The molecule has 0 aliphatic carbocycles. The van der Waals surface area contributed by atoms with Crippen molar-refractivity contribution in [2.75, 3.05) is 18.4 Å². The Balaban J connectivity index is 0.000000604. The summed E-state index contributed by atoms with van der Waals surface area (Å²) in [7, 11) is 0. The summed E-state index contributed by atoms with van der Waals surface area (Å²) in [4.78, 5) is 36.3. The Morgan fingerprint density at radius 3 is 2.29 bits per heavy atom. The lowest BCUT2D eigenvalue weighted by Gasteiger charge is -2.19. The zero-order valence-corrected chi connectivity index (χ0v) is 18.3. The van der Waals surface area contributed by atoms with Gasteiger partial charge < -0.3 is 25.7 Å². The van der Waals surface area contributed by atoms with E-state index < -0.39 is 11.9 Å². The van der Waals surface area contributed by atoms with Crippen molar-refractivity contribution in [3.63, 3.8) is 0 Å². The number of benzene rings is 1. The molecule has 176 valence electrons. The van der Waals surface area contributed by atoms with Crippen LogP contribution in [0.2, 0.25) is 0 Å². The van der Waals surface area contributed by atoms with Crippen molar-refractivity contribution < 1.29 is 24.6 Å². The molecule has 1 atom stereocenters. The molecule has 4 N–H and O–H groups in total. The van der Waals surface area contributed by atoms with Crippen molar-refractivity contribution in [1.82, 2.24) is 15.2 Å². The minimum atomic E-state index is -1.82. The van der Waals surface area contributed by atoms with E-state index >= 15 is 0 Å². The van der Waals surface area contributed by atoms with Crippen LogP contribution in [-0.4, -0.2) is 57.1 Å². The normalized spacial score (nSPS) is 14.2. The summed E-state index contributed by atoms with van der Waals surface area (Å²) in [6.07, 6.45) is 3.32. The van der Waals surface area contributed by atoms with Crippen LogP contribution in [0.4, 0.5) is 5.82 Å². The maximum atomic E-state index is 12.2. The molecule has 34 heavy (non-hydrogen) atoms. The highest BCUT2D eigenvalue weighted by Gasteiger charge is 2.27. The molecule has 11 nitrogen and oxygen atoms in total. The van der Waals surface area contributed by atoms with E-state index in [0.717, 1.165) is 24.0 Å². The summed E-state index contributed by atoms with van der Waals surface area (Å²) >= 11 is 0. The molecule has 1 fully saturated rings. The fraction of sp³-hybridized carbons (Fsp3) is 0.304. The molecule has 1 saturated heterocycles. The number of hydrogen-bond donors (Lipinski definition) is 4. The van der Waals surface area contributed by atoms with Gasteiger partial charge in [-0.1, -0.05) is 24.3 Å². The Morgan fingerprint density at radius 2 is 1.71 bits per heavy atom. The number of nitriles is 2. The fourth-order valence-corrected chi connectivity index (χ4v) is 3.21. The summed E-state index contributed by atoms with van der Waals surface area (Å²) in [5.41, 5.74) is 2.67. The third kappa shape index (κ3) is 7.89. The van der Waals surface area contributed by atoms with Crippen molar-refractivity contribution in [2.24, 2.45) is 0 Å². The van der Waals surface area contributed by atoms with E-state index in [2.05, 4.69) is 27.8 Å². The van der Waals surface area contributed by atoms with Crippen LogP contribution in [0.15, 0.2) is 42.6 Å². The van der Waals surface area contributed by atoms with Crippen LogP contribution >= 0.6 is 0 Å². The number of carbonyl (C=O) groups is 3. The average molecular weight is 464 g/mol. The Bertz CT molecular complexity index is 1080. The predicted molar refractivity (Wildman–Crippen MR) is 120 cm³/mol. The van der Waals surface area contributed by atoms with E-state index in [-0.39, 0.29) is 18.5 Å². The standard InChI is InChI=1S/C21H22N6O.C2H2O4/c22-11-18-3-1-9-25-21(18)26-14-17-7-5-16(6-8-17)13-24-15-20(28)27-10-2-4-19(27)12-23;3-1(4)2(5)6/h1,3,5-9,19,24H,2,4,10,13-15H2,(H,25,26);(H,3,4)(H,5,6)/t19-;/m0./s1. The number of nitrogens with one attached hydrogen (secondary N) is 2. The topological polar surface area (TPSA) is 179 Å². The highest BCUT2D eigenvalue weighted by atomic mass is 16.4. The number of hydrogen-bond acceptors (Lipinski definition) is 8. The van der Waals surface area contributed by atoms with Gasteiger partial charge in [-0.3, -0.25) is 4.79 Å². The van der Waals surface area contributed by atoms with Gasteiger partial charge in [-0.2, -0.15) is 10.5 Å². The zero-order chi connectivity index (χ0) is 24.9. The van der Waals surface area contributed by atoms with Gasteiger partial charge in [0.1, 0.15) is 17.9 Å². The largest absolute Gasteiger partial charge is 0.473 e. The first-order valence-corrected chi connectivity index (χ1v) is 10.4. The average Bonchev–Trinajstić information content (AvgIpc) is 3.33. The predicted octanol–water partition coefficient (Wildman–Crippen LogP) is 1.33. The molecule has 0 unspecified atom stereocenters. The van der Waals surface area contributed by atoms with Crippen LogP contribution in [0, 0.1) is 22.7 Å². The second-order valence-electron chi connectivity index (χ2n) is 7.27. The smallest absolute Gasteiger partial charge is 0.414 e. The van der Waals surface area contributed by atoms with Crippen molar-refractivity contribution in [3.05, 3.63) is 59.3 Å². The van der Waals surface area contributed by atoms with Gasteiger partial charge in [-0.25, -0.2) is 14.6 Å². The van der Waals surface area contributed by atoms with Gasteiger partial charge >= 0.3 is 11.9 Å². The monoisotopic (exact) mass is 464 g/mol. The van der Waals surface area contributed by atoms with E-state index in [1.807, 2.05) is 24.3 Å². The lowest BCUT2D eigenvalue weighted by molar-refractivity contribution is -0.159. The molecule has 3 rings (SSSR count). The molecule has 1 amide bonds. The molecular formula is C23H24N6O5. The fourth-order valence-electron chi connectivity index (χ4n) is 3.21. The quantitative estimate of drug-likeness (QED) is 0.437. The summed E-state index contributed by atoms with van der Waals surface area (Å²) < 4.78 is 0. The van der Waals surface area contributed by atoms with Crippen LogP contribution in [0.1, 0.15) is 29.5 Å². The summed E-state index contributed by atoms with van der Waals surface area (Å²) in [6, 6.07) is 15.5. The van der Waals surface area contributed by atoms with E-state index in [9.17, 15) is 4.79 Å². The number of rotatable bonds is 7. The lowest BCUT2D eigenvalue weighted by Crippen LogP contribution is -2.40. The van der Waals surface area contributed by atoms with Crippen LogP contribution in [0.25, 0.3) is 0 Å². The second-order valence-corrected chi connectivity index (χ2v) is 7.27. The molecule has 0 radical (unpaired) electrons. The molecule has 11 heteroatoms. The van der Waals surface area contributed by atoms with E-state index in [0.29, 0.717) is 31.0 Å². The van der Waals surface area contributed by atoms with E-state index in [1.165, 1.54) is 0 Å². The van der Waals surface area contributed by atoms with Crippen LogP contribution < -0.4 is 10.6 Å². The number of amides is 1. The van der Waals surface area contributed by atoms with Crippen molar-refractivity contribution in [2.45, 2.75) is 32.0 Å². The molecule has 0 saturated carbocycles. The first-order chi connectivity index (χ1) is 16.3. The maximum Gasteiger partial charge on any atom is 0.414 e. The highest BCUT2D eigenvalue weighted by Crippen LogP contribution is 2.16. The number of aromatic nitrogens is 1. The molecule has 1 aliphatic rings. The third-order valence-electron chi connectivity index (χ3n) is 4.92. The molecule has 0 spiro atoms. The Kier molecular flexibility index (Phi) is 9.97. The Labute approximate surface area is 196 Å². The van der Waals surface area contributed by atoms with Crippen LogP contribution in [0.3, 0.4) is 0 Å². The number of carboxylic acid groups (broad SMARTS) is 2. The summed E-state index contributed by atoms with van der Waals surface area (Å²) in [6.45, 7) is 2.06. The SMILES string of the molecule is N#Cc1cccnc1NCc1ccc(CNCC(=O)N2CCC[C@H]2C#N)cc1.O=C(O)C(=O)O. The molecule has 2 aromatic rings. The summed E-state index contributed by atoms with van der Waals surface area (Å²) in [5, 5.41) is 39.3. The summed E-state index contributed by atoms with van der Waals surface area (Å²) in [5.74, 6) is -3.09. The van der Waals surface area contributed by atoms with Crippen molar-refractivity contribution in [1.29, 1.82) is 10.5 Å². The van der Waals surface area contributed by atoms with Crippen LogP contribution in [-0.2, 0) is 27.5 Å². The first kappa shape index (κ1) is 25.8.